The van der Waals surface area contributed by atoms with Crippen LogP contribution in [0.3, 0.4) is 0 Å². The Balaban J connectivity index is 6.37. The lowest BCUT2D eigenvalue weighted by molar-refractivity contribution is 0.378. The van der Waals surface area contributed by atoms with E-state index in [1.807, 2.05) is 0 Å². The molecule has 0 fully saturated rings. The van der Waals surface area contributed by atoms with Crippen molar-refractivity contribution >= 4 is 112 Å². The highest BCUT2D eigenvalue weighted by Crippen LogP contribution is 2.69. The van der Waals surface area contributed by atoms with Gasteiger partial charge in [-0.15, -0.1) is 0 Å². The molecular formula is C6H10Cl9N4P. The van der Waals surface area contributed by atoms with Crippen LogP contribution in [0.5, 0.6) is 0 Å². The van der Waals surface area contributed by atoms with Crippen molar-refractivity contribution in [1.82, 2.24) is 14.0 Å². The molecule has 1 unspecified atom stereocenters. The Morgan fingerprint density at radius 1 is 0.900 bits per heavy atom. The van der Waals surface area contributed by atoms with Gasteiger partial charge in [0.15, 0.2) is 12.5 Å². The predicted molar refractivity (Wildman–Crippen MR) is 94.6 cm³/mol. The Labute approximate surface area is 163 Å². The molecule has 0 amide bonds. The van der Waals surface area contributed by atoms with E-state index in [0.717, 1.165) is 4.67 Å². The van der Waals surface area contributed by atoms with Crippen molar-refractivity contribution in [2.24, 2.45) is 4.26 Å². The van der Waals surface area contributed by atoms with Crippen LogP contribution in [0.15, 0.2) is 4.26 Å². The fraction of sp³-hybridized carbons (Fsp3) is 1.00. The minimum Gasteiger partial charge on any atom is -0.251 e. The lowest BCUT2D eigenvalue weighted by Crippen LogP contribution is -2.49. The van der Waals surface area contributed by atoms with Crippen molar-refractivity contribution in [2.75, 3.05) is 21.1 Å². The maximum Gasteiger partial charge on any atom is 0.257 e. The minimum atomic E-state index is -3.21. The summed E-state index contributed by atoms with van der Waals surface area (Å²) in [5, 5.41) is 0. The van der Waals surface area contributed by atoms with Gasteiger partial charge in [-0.05, 0) is 21.1 Å². The summed E-state index contributed by atoms with van der Waals surface area (Å²) in [5.41, 5.74) is 0. The van der Waals surface area contributed by atoms with Crippen LogP contribution in [-0.4, -0.2) is 47.9 Å². The average Bonchev–Trinajstić information content (AvgIpc) is 2.20. The van der Waals surface area contributed by atoms with Gasteiger partial charge in [0, 0.05) is 11.8 Å². The van der Waals surface area contributed by atoms with E-state index < -0.39 is 20.3 Å². The van der Waals surface area contributed by atoms with E-state index in [-0.39, 0.29) is 0 Å². The molecule has 20 heavy (non-hydrogen) atoms. The molecule has 0 rings (SSSR count). The fourth-order valence-electron chi connectivity index (χ4n) is 1.32. The number of nitrogens with zero attached hydrogens (tertiary/aromatic N) is 4. The van der Waals surface area contributed by atoms with Gasteiger partial charge in [0.05, 0.1) is 0 Å². The molecule has 0 aliphatic heterocycles. The van der Waals surface area contributed by atoms with Gasteiger partial charge in [-0.1, -0.05) is 92.8 Å². The molecule has 0 N–H and O–H groups in total. The first-order valence-electron chi connectivity index (χ1n) is 4.59. The Kier molecular flexibility index (Phi) is 9.32. The summed E-state index contributed by atoms with van der Waals surface area (Å²) in [4.78, 5) is -1.05. The molecule has 0 aromatic heterocycles. The number of rotatable bonds is 4. The van der Waals surface area contributed by atoms with Gasteiger partial charge in [-0.3, -0.25) is 4.67 Å². The third kappa shape index (κ3) is 5.11. The van der Waals surface area contributed by atoms with Gasteiger partial charge in [0.25, 0.3) is 7.83 Å². The van der Waals surface area contributed by atoms with Gasteiger partial charge >= 0.3 is 0 Å². The Morgan fingerprint density at radius 3 is 1.40 bits per heavy atom. The largest absolute Gasteiger partial charge is 0.257 e. The number of halogens is 9. The molecule has 0 aliphatic rings. The zero-order valence-corrected chi connectivity index (χ0v) is 17.9. The zero-order valence-electron chi connectivity index (χ0n) is 10.2. The quantitative estimate of drug-likeness (QED) is 0.264. The summed E-state index contributed by atoms with van der Waals surface area (Å²) in [6.45, 7) is 0. The second-order valence-electron chi connectivity index (χ2n) is 3.56. The van der Waals surface area contributed by atoms with E-state index in [1.165, 1.54) is 16.4 Å². The van der Waals surface area contributed by atoms with Gasteiger partial charge in [0.1, 0.15) is 0 Å². The third-order valence-corrected chi connectivity index (χ3v) is 8.77. The highest BCUT2D eigenvalue weighted by Gasteiger charge is 2.55. The Hall–Kier alpha value is 2.72. The molecule has 0 bridgehead atoms. The molecule has 0 saturated heterocycles. The molecule has 0 heterocycles. The zero-order chi connectivity index (χ0) is 16.5. The van der Waals surface area contributed by atoms with Gasteiger partial charge in [-0.25, -0.2) is 4.67 Å². The average molecular weight is 488 g/mol. The molecule has 0 aromatic carbocycles. The molecule has 0 radical (unpaired) electrons. The third-order valence-electron chi connectivity index (χ3n) is 2.09. The van der Waals surface area contributed by atoms with Crippen LogP contribution in [0.25, 0.3) is 0 Å². The molecule has 122 valence electrons. The van der Waals surface area contributed by atoms with Crippen molar-refractivity contribution in [3.63, 3.8) is 0 Å². The van der Waals surface area contributed by atoms with Crippen LogP contribution in [0.4, 0.5) is 0 Å². The summed E-state index contributed by atoms with van der Waals surface area (Å²) >= 11 is 53.0. The standard InChI is InChI=1S/C6H10Cl9N4P/c1-17(2)20(16-15,18(3)4(7)8)19(5(9,10)11)6(12,13)14/h4H,1-3H3. The molecule has 14 heteroatoms. The van der Waals surface area contributed by atoms with Gasteiger partial charge in [-0.2, -0.15) is 8.93 Å². The van der Waals surface area contributed by atoms with Crippen LogP contribution in [-0.2, 0) is 0 Å². The second-order valence-corrected chi connectivity index (χ2v) is 12.6. The Bertz CT molecular complexity index is 362. The van der Waals surface area contributed by atoms with Gasteiger partial charge < -0.3 is 0 Å². The molecule has 1 atom stereocenters. The van der Waals surface area contributed by atoms with Crippen LogP contribution in [0.2, 0.25) is 0 Å². The van der Waals surface area contributed by atoms with E-state index in [1.54, 1.807) is 14.1 Å². The summed E-state index contributed by atoms with van der Waals surface area (Å²) in [5.74, 6) is 0. The maximum absolute atomic E-state index is 5.91. The normalized spacial score (nSPS) is 17.2. The van der Waals surface area contributed by atoms with E-state index in [2.05, 4.69) is 4.26 Å². The first kappa shape index (κ1) is 22.7. The predicted octanol–water partition coefficient (Wildman–Crippen LogP) is 6.30. The minimum absolute atomic E-state index is 0.896. The molecular weight excluding hydrogens is 478 g/mol. The van der Waals surface area contributed by atoms with E-state index in [0.29, 0.717) is 0 Å². The molecule has 4 nitrogen and oxygen atoms in total. The first-order valence-corrected chi connectivity index (χ1v) is 9.67. The smallest absolute Gasteiger partial charge is 0.251 e. The number of hydrogen-bond donors (Lipinski definition) is 0. The van der Waals surface area contributed by atoms with Crippen molar-refractivity contribution in [1.29, 1.82) is 0 Å². The van der Waals surface area contributed by atoms with E-state index >= 15 is 0 Å². The van der Waals surface area contributed by atoms with Crippen LogP contribution in [0.1, 0.15) is 0 Å². The van der Waals surface area contributed by atoms with Crippen LogP contribution >= 0.6 is 112 Å². The lowest BCUT2D eigenvalue weighted by Gasteiger charge is -2.49. The Morgan fingerprint density at radius 2 is 1.25 bits per heavy atom. The summed E-state index contributed by atoms with van der Waals surface area (Å²) in [6.07, 6.45) is 0. The number of hydrogen-bond acceptors (Lipinski definition) is 1. The monoisotopic (exact) mass is 484 g/mol. The molecule has 0 aliphatic carbocycles. The topological polar surface area (TPSA) is 22.1 Å². The van der Waals surface area contributed by atoms with Crippen molar-refractivity contribution in [3.8, 4) is 0 Å². The lowest BCUT2D eigenvalue weighted by atomic mass is 11.2. The SMILES string of the molecule is CN(C)P(=NCl)(N(C)C(Cl)Cl)N(C(Cl)(Cl)Cl)C(Cl)(Cl)Cl. The van der Waals surface area contributed by atoms with Crippen LogP contribution < -0.4 is 0 Å². The van der Waals surface area contributed by atoms with Crippen molar-refractivity contribution in [3.05, 3.63) is 0 Å². The van der Waals surface area contributed by atoms with Gasteiger partial charge in [0.2, 0.25) is 0 Å². The first-order chi connectivity index (χ1) is 8.72. The fourth-order valence-corrected chi connectivity index (χ4v) is 8.29. The highest BCUT2D eigenvalue weighted by atomic mass is 35.6. The van der Waals surface area contributed by atoms with Crippen LogP contribution in [0, 0.1) is 0 Å². The van der Waals surface area contributed by atoms with Crippen molar-refractivity contribution in [2.45, 2.75) is 12.8 Å². The molecule has 0 saturated carbocycles. The van der Waals surface area contributed by atoms with Crippen molar-refractivity contribution < 1.29 is 0 Å². The van der Waals surface area contributed by atoms with E-state index in [9.17, 15) is 0 Å². The second kappa shape index (κ2) is 8.20. The number of alkyl halides is 8. The maximum atomic E-state index is 5.91. The highest BCUT2D eigenvalue weighted by molar-refractivity contribution is 7.60. The molecule has 0 aromatic rings. The summed E-state index contributed by atoms with van der Waals surface area (Å²) < 4.78 is 3.23. The summed E-state index contributed by atoms with van der Waals surface area (Å²) in [6, 6.07) is 0. The van der Waals surface area contributed by atoms with E-state index in [4.69, 9.17) is 105 Å². The molecule has 0 spiro atoms. The summed E-state index contributed by atoms with van der Waals surface area (Å²) in [7, 11) is 1.50.